The number of benzene rings is 1. The molecule has 0 aromatic heterocycles. The van der Waals surface area contributed by atoms with Crippen LogP contribution in [0.3, 0.4) is 0 Å². The summed E-state index contributed by atoms with van der Waals surface area (Å²) < 4.78 is 13.2. The smallest absolute Gasteiger partial charge is 0.251 e. The van der Waals surface area contributed by atoms with Gasteiger partial charge in [-0.2, -0.15) is 0 Å². The summed E-state index contributed by atoms with van der Waals surface area (Å²) in [6.07, 6.45) is 0.930. The van der Waals surface area contributed by atoms with Gasteiger partial charge in [0.05, 0.1) is 5.69 Å². The average Bonchev–Trinajstić information content (AvgIpc) is 2.68. The highest BCUT2D eigenvalue weighted by Gasteiger charge is 2.21. The number of amides is 1. The van der Waals surface area contributed by atoms with Crippen molar-refractivity contribution in [3.8, 4) is 0 Å². The molecule has 0 saturated carbocycles. The number of likely N-dealkylation sites (tertiary alicyclic amines) is 1. The Morgan fingerprint density at radius 1 is 1.59 bits per heavy atom. The Balaban J connectivity index is 2.02. The van der Waals surface area contributed by atoms with Gasteiger partial charge in [0.25, 0.3) is 5.91 Å². The van der Waals surface area contributed by atoms with E-state index >= 15 is 0 Å². The van der Waals surface area contributed by atoms with Crippen molar-refractivity contribution in [2.45, 2.75) is 12.5 Å². The van der Waals surface area contributed by atoms with E-state index in [1.165, 1.54) is 18.2 Å². The van der Waals surface area contributed by atoms with Crippen molar-refractivity contribution in [3.05, 3.63) is 29.6 Å². The number of rotatable bonds is 2. The molecular formula is C12H16FN3O. The molecule has 0 radical (unpaired) electrons. The van der Waals surface area contributed by atoms with Crippen LogP contribution < -0.4 is 11.1 Å². The number of hydrogen-bond acceptors (Lipinski definition) is 3. The largest absolute Gasteiger partial charge is 0.396 e. The Hall–Kier alpha value is -1.62. The molecule has 3 N–H and O–H groups in total. The summed E-state index contributed by atoms with van der Waals surface area (Å²) in [6, 6.07) is 4.26. The van der Waals surface area contributed by atoms with Gasteiger partial charge in [-0.05, 0) is 38.2 Å². The van der Waals surface area contributed by atoms with Gasteiger partial charge in [0.2, 0.25) is 0 Å². The van der Waals surface area contributed by atoms with Gasteiger partial charge < -0.3 is 16.0 Å². The zero-order valence-corrected chi connectivity index (χ0v) is 9.74. The molecular weight excluding hydrogens is 221 g/mol. The molecule has 1 heterocycles. The molecule has 1 fully saturated rings. The third-order valence-electron chi connectivity index (χ3n) is 2.99. The van der Waals surface area contributed by atoms with Gasteiger partial charge in [0, 0.05) is 18.2 Å². The quantitative estimate of drug-likeness (QED) is 0.749. The third-order valence-corrected chi connectivity index (χ3v) is 2.99. The van der Waals surface area contributed by atoms with Gasteiger partial charge in [-0.15, -0.1) is 0 Å². The number of anilines is 1. The fourth-order valence-electron chi connectivity index (χ4n) is 1.99. The van der Waals surface area contributed by atoms with Gasteiger partial charge in [-0.1, -0.05) is 0 Å². The number of likely N-dealkylation sites (N-methyl/N-ethyl adjacent to an activating group) is 1. The molecule has 0 spiro atoms. The fourth-order valence-corrected chi connectivity index (χ4v) is 1.99. The van der Waals surface area contributed by atoms with E-state index in [9.17, 15) is 9.18 Å². The van der Waals surface area contributed by atoms with Crippen molar-refractivity contribution in [2.24, 2.45) is 0 Å². The fraction of sp³-hybridized carbons (Fsp3) is 0.417. The van der Waals surface area contributed by atoms with Crippen LogP contribution in [0.5, 0.6) is 0 Å². The Kier molecular flexibility index (Phi) is 3.28. The van der Waals surface area contributed by atoms with Crippen molar-refractivity contribution in [1.82, 2.24) is 10.2 Å². The summed E-state index contributed by atoms with van der Waals surface area (Å²) in [4.78, 5) is 14.0. The lowest BCUT2D eigenvalue weighted by atomic mass is 10.1. The lowest BCUT2D eigenvalue weighted by Gasteiger charge is -2.13. The maximum Gasteiger partial charge on any atom is 0.251 e. The summed E-state index contributed by atoms with van der Waals surface area (Å²) in [6.45, 7) is 1.81. The second kappa shape index (κ2) is 4.71. The molecule has 0 bridgehead atoms. The molecule has 2 rings (SSSR count). The standard InChI is InChI=1S/C12H16FN3O/c1-16-5-4-9(7-16)15-12(17)8-2-3-11(14)10(13)6-8/h2-3,6,9H,4-5,7,14H2,1H3,(H,15,17). The molecule has 17 heavy (non-hydrogen) atoms. The third kappa shape index (κ3) is 2.74. The second-order valence-electron chi connectivity index (χ2n) is 4.46. The normalized spacial score (nSPS) is 20.5. The maximum atomic E-state index is 13.2. The zero-order chi connectivity index (χ0) is 12.4. The van der Waals surface area contributed by atoms with E-state index in [0.29, 0.717) is 5.56 Å². The lowest BCUT2D eigenvalue weighted by molar-refractivity contribution is 0.0938. The molecule has 1 aliphatic heterocycles. The van der Waals surface area contributed by atoms with E-state index in [-0.39, 0.29) is 17.6 Å². The van der Waals surface area contributed by atoms with Crippen LogP contribution in [0.25, 0.3) is 0 Å². The molecule has 92 valence electrons. The van der Waals surface area contributed by atoms with E-state index in [0.717, 1.165) is 19.5 Å². The van der Waals surface area contributed by atoms with Crippen LogP contribution in [-0.2, 0) is 0 Å². The molecule has 1 unspecified atom stereocenters. The molecule has 0 aliphatic carbocycles. The number of halogens is 1. The number of carbonyl (C=O) groups excluding carboxylic acids is 1. The summed E-state index contributed by atoms with van der Waals surface area (Å²) >= 11 is 0. The molecule has 1 aromatic carbocycles. The van der Waals surface area contributed by atoms with Gasteiger partial charge in [-0.3, -0.25) is 4.79 Å². The number of nitrogens with two attached hydrogens (primary N) is 1. The molecule has 1 amide bonds. The van der Waals surface area contributed by atoms with Crippen LogP contribution in [0, 0.1) is 5.82 Å². The predicted molar refractivity (Wildman–Crippen MR) is 64.2 cm³/mol. The first kappa shape index (κ1) is 11.9. The summed E-state index contributed by atoms with van der Waals surface area (Å²) in [7, 11) is 2.01. The monoisotopic (exact) mass is 237 g/mol. The summed E-state index contributed by atoms with van der Waals surface area (Å²) in [5, 5.41) is 2.88. The highest BCUT2D eigenvalue weighted by molar-refractivity contribution is 5.94. The van der Waals surface area contributed by atoms with Crippen molar-refractivity contribution >= 4 is 11.6 Å². The lowest BCUT2D eigenvalue weighted by Crippen LogP contribution is -2.36. The van der Waals surface area contributed by atoms with Gasteiger partial charge in [0.1, 0.15) is 5.82 Å². The van der Waals surface area contributed by atoms with E-state index in [1.54, 1.807) is 0 Å². The summed E-state index contributed by atoms with van der Waals surface area (Å²) in [5.74, 6) is -0.801. The SMILES string of the molecule is CN1CCC(NC(=O)c2ccc(N)c(F)c2)C1. The van der Waals surface area contributed by atoms with Crippen LogP contribution in [0.4, 0.5) is 10.1 Å². The van der Waals surface area contributed by atoms with Crippen molar-refractivity contribution in [2.75, 3.05) is 25.9 Å². The predicted octanol–water partition coefficient (Wildman–Crippen LogP) is 0.842. The number of nitrogen functional groups attached to an aromatic ring is 1. The number of carbonyl (C=O) groups is 1. The van der Waals surface area contributed by atoms with Crippen LogP contribution in [0.2, 0.25) is 0 Å². The Labute approximate surface area is 99.6 Å². The van der Waals surface area contributed by atoms with Gasteiger partial charge in [0.15, 0.2) is 0 Å². The number of hydrogen-bond donors (Lipinski definition) is 2. The van der Waals surface area contributed by atoms with E-state index in [1.807, 2.05) is 7.05 Å². The number of nitrogens with one attached hydrogen (secondary N) is 1. The van der Waals surface area contributed by atoms with Gasteiger partial charge in [-0.25, -0.2) is 4.39 Å². The van der Waals surface area contributed by atoms with Crippen LogP contribution in [0.1, 0.15) is 16.8 Å². The minimum absolute atomic E-state index is 0.0575. The van der Waals surface area contributed by atoms with Crippen LogP contribution >= 0.6 is 0 Å². The second-order valence-corrected chi connectivity index (χ2v) is 4.46. The molecule has 1 aromatic rings. The average molecular weight is 237 g/mol. The highest BCUT2D eigenvalue weighted by Crippen LogP contribution is 2.13. The van der Waals surface area contributed by atoms with E-state index < -0.39 is 5.82 Å². The maximum absolute atomic E-state index is 13.2. The highest BCUT2D eigenvalue weighted by atomic mass is 19.1. The minimum Gasteiger partial charge on any atom is -0.396 e. The molecule has 1 aliphatic rings. The number of nitrogens with zero attached hydrogens (tertiary/aromatic N) is 1. The Morgan fingerprint density at radius 3 is 2.94 bits per heavy atom. The van der Waals surface area contributed by atoms with E-state index in [4.69, 9.17) is 5.73 Å². The first-order valence-electron chi connectivity index (χ1n) is 5.60. The van der Waals surface area contributed by atoms with Gasteiger partial charge >= 0.3 is 0 Å². The van der Waals surface area contributed by atoms with Crippen molar-refractivity contribution in [1.29, 1.82) is 0 Å². The minimum atomic E-state index is -0.554. The van der Waals surface area contributed by atoms with Crippen LogP contribution in [-0.4, -0.2) is 37.0 Å². The Bertz CT molecular complexity index is 436. The van der Waals surface area contributed by atoms with Crippen LogP contribution in [0.15, 0.2) is 18.2 Å². The Morgan fingerprint density at radius 2 is 2.35 bits per heavy atom. The summed E-state index contributed by atoms with van der Waals surface area (Å²) in [5.41, 5.74) is 5.73. The molecule has 4 nitrogen and oxygen atoms in total. The first-order chi connectivity index (χ1) is 8.06. The first-order valence-corrected chi connectivity index (χ1v) is 5.60. The molecule has 1 atom stereocenters. The topological polar surface area (TPSA) is 58.4 Å². The van der Waals surface area contributed by atoms with E-state index in [2.05, 4.69) is 10.2 Å². The molecule has 5 heteroatoms. The van der Waals surface area contributed by atoms with Crippen molar-refractivity contribution < 1.29 is 9.18 Å². The van der Waals surface area contributed by atoms with Crippen molar-refractivity contribution in [3.63, 3.8) is 0 Å². The zero-order valence-electron chi connectivity index (χ0n) is 9.74. The molecule has 1 saturated heterocycles.